The molecule has 8 heteroatoms. The van der Waals surface area contributed by atoms with E-state index in [0.717, 1.165) is 22.3 Å². The molecular weight excluding hydrogens is 438 g/mol. The molecule has 0 aliphatic rings. The van der Waals surface area contributed by atoms with Crippen LogP contribution < -0.4 is 20.3 Å². The van der Waals surface area contributed by atoms with Gasteiger partial charge >= 0.3 is 0 Å². The van der Waals surface area contributed by atoms with E-state index >= 15 is 0 Å². The molecule has 2 heterocycles. The molecule has 0 unspecified atom stereocenters. The molecule has 33 heavy (non-hydrogen) atoms. The summed E-state index contributed by atoms with van der Waals surface area (Å²) in [6.45, 7) is 2.57. The minimum absolute atomic E-state index is 0.140. The quantitative estimate of drug-likeness (QED) is 0.424. The zero-order valence-electron chi connectivity index (χ0n) is 18.8. The number of hydrogen-bond acceptors (Lipinski definition) is 6. The third-order valence-corrected chi connectivity index (χ3v) is 6.35. The van der Waals surface area contributed by atoms with E-state index in [4.69, 9.17) is 9.47 Å². The van der Waals surface area contributed by atoms with Crippen LogP contribution in [0.3, 0.4) is 0 Å². The Kier molecular flexibility index (Phi) is 6.74. The first-order chi connectivity index (χ1) is 16.0. The largest absolute Gasteiger partial charge is 0.493 e. The third-order valence-electron chi connectivity index (χ3n) is 5.46. The zero-order valence-corrected chi connectivity index (χ0v) is 19.6. The fraction of sp³-hybridized carbons (Fsp3) is 0.240. The molecule has 0 saturated heterocycles. The highest BCUT2D eigenvalue weighted by Crippen LogP contribution is 2.31. The first kappa shape index (κ1) is 22.5. The molecule has 170 valence electrons. The Bertz CT molecular complexity index is 1340. The van der Waals surface area contributed by atoms with Gasteiger partial charge in [-0.15, -0.1) is 11.3 Å². The highest BCUT2D eigenvalue weighted by molar-refractivity contribution is 7.17. The van der Waals surface area contributed by atoms with Crippen molar-refractivity contribution in [2.24, 2.45) is 0 Å². The lowest BCUT2D eigenvalue weighted by Crippen LogP contribution is -2.27. The number of para-hydroxylation sites is 1. The standard InChI is InChI=1S/C25H25N3O4S/c1-16-7-9-17(10-8-16)19-14-33-24-22(19)25(30)28(15-27-24)12-11-21(29)26-13-18-5-4-6-20(31-2)23(18)32-3/h4-10,14-15H,11-13H2,1-3H3,(H,26,29). The minimum Gasteiger partial charge on any atom is -0.493 e. The number of nitrogens with zero attached hydrogens (tertiary/aromatic N) is 2. The van der Waals surface area contributed by atoms with Crippen LogP contribution in [-0.2, 0) is 17.9 Å². The molecule has 1 N–H and O–H groups in total. The average molecular weight is 464 g/mol. The van der Waals surface area contributed by atoms with Crippen molar-refractivity contribution in [2.75, 3.05) is 14.2 Å². The smallest absolute Gasteiger partial charge is 0.262 e. The van der Waals surface area contributed by atoms with Crippen LogP contribution in [0.4, 0.5) is 0 Å². The number of fused-ring (bicyclic) bond motifs is 1. The zero-order chi connectivity index (χ0) is 23.4. The maximum absolute atomic E-state index is 13.2. The maximum atomic E-state index is 13.2. The van der Waals surface area contributed by atoms with Crippen LogP contribution in [0.1, 0.15) is 17.5 Å². The molecule has 4 aromatic rings. The molecule has 7 nitrogen and oxygen atoms in total. The Morgan fingerprint density at radius 3 is 2.64 bits per heavy atom. The number of benzene rings is 2. The van der Waals surface area contributed by atoms with Crippen LogP contribution in [0.25, 0.3) is 21.3 Å². The number of hydrogen-bond donors (Lipinski definition) is 1. The molecule has 4 rings (SSSR count). The van der Waals surface area contributed by atoms with Crippen LogP contribution in [0.5, 0.6) is 11.5 Å². The van der Waals surface area contributed by atoms with E-state index < -0.39 is 0 Å². The summed E-state index contributed by atoms with van der Waals surface area (Å²) in [5.41, 5.74) is 3.68. The Labute approximate surface area is 195 Å². The predicted molar refractivity (Wildman–Crippen MR) is 130 cm³/mol. The highest BCUT2D eigenvalue weighted by Gasteiger charge is 2.15. The molecule has 0 saturated carbocycles. The van der Waals surface area contributed by atoms with E-state index in [2.05, 4.69) is 10.3 Å². The van der Waals surface area contributed by atoms with Crippen molar-refractivity contribution < 1.29 is 14.3 Å². The summed E-state index contributed by atoms with van der Waals surface area (Å²) >= 11 is 1.45. The summed E-state index contributed by atoms with van der Waals surface area (Å²) in [6.07, 6.45) is 1.67. The van der Waals surface area contributed by atoms with E-state index in [9.17, 15) is 9.59 Å². The first-order valence-electron chi connectivity index (χ1n) is 10.5. The molecule has 0 fully saturated rings. The van der Waals surface area contributed by atoms with Gasteiger partial charge in [0.05, 0.1) is 25.9 Å². The number of aromatic nitrogens is 2. The molecule has 0 radical (unpaired) electrons. The van der Waals surface area contributed by atoms with Crippen molar-refractivity contribution in [3.63, 3.8) is 0 Å². The summed E-state index contributed by atoms with van der Waals surface area (Å²) in [7, 11) is 3.13. The van der Waals surface area contributed by atoms with Crippen molar-refractivity contribution in [2.45, 2.75) is 26.4 Å². The maximum Gasteiger partial charge on any atom is 0.262 e. The Morgan fingerprint density at radius 2 is 1.91 bits per heavy atom. The number of amides is 1. The molecular formula is C25H25N3O4S. The molecule has 0 bridgehead atoms. The Balaban J connectivity index is 1.47. The molecule has 2 aromatic heterocycles. The van der Waals surface area contributed by atoms with Crippen molar-refractivity contribution in [1.29, 1.82) is 0 Å². The number of aryl methyl sites for hydroxylation is 2. The molecule has 2 aromatic carbocycles. The van der Waals surface area contributed by atoms with E-state index in [0.29, 0.717) is 28.3 Å². The molecule has 0 aliphatic heterocycles. The summed E-state index contributed by atoms with van der Waals surface area (Å²) in [4.78, 5) is 30.8. The van der Waals surface area contributed by atoms with Crippen molar-refractivity contribution in [3.8, 4) is 22.6 Å². The van der Waals surface area contributed by atoms with Crippen molar-refractivity contribution >= 4 is 27.5 Å². The SMILES string of the molecule is COc1cccc(CNC(=O)CCn2cnc3scc(-c4ccc(C)cc4)c3c2=O)c1OC. The van der Waals surface area contributed by atoms with Crippen molar-refractivity contribution in [3.05, 3.63) is 75.7 Å². The van der Waals surface area contributed by atoms with Gasteiger partial charge in [0.2, 0.25) is 5.91 Å². The fourth-order valence-electron chi connectivity index (χ4n) is 3.67. The normalized spacial score (nSPS) is 10.9. The summed E-state index contributed by atoms with van der Waals surface area (Å²) < 4.78 is 12.2. The van der Waals surface area contributed by atoms with Gasteiger partial charge in [0.25, 0.3) is 5.56 Å². The van der Waals surface area contributed by atoms with Gasteiger partial charge in [-0.05, 0) is 18.6 Å². The number of thiophene rings is 1. The minimum atomic E-state index is -0.170. The lowest BCUT2D eigenvalue weighted by Gasteiger charge is -2.13. The predicted octanol–water partition coefficient (Wildman–Crippen LogP) is 4.16. The van der Waals surface area contributed by atoms with Gasteiger partial charge in [0.15, 0.2) is 11.5 Å². The van der Waals surface area contributed by atoms with E-state index in [1.807, 2.05) is 48.7 Å². The van der Waals surface area contributed by atoms with Crippen LogP contribution in [-0.4, -0.2) is 29.7 Å². The number of methoxy groups -OCH3 is 2. The second kappa shape index (κ2) is 9.87. The van der Waals surface area contributed by atoms with Crippen LogP contribution in [0.2, 0.25) is 0 Å². The van der Waals surface area contributed by atoms with Gasteiger partial charge in [0.1, 0.15) is 4.83 Å². The first-order valence-corrected chi connectivity index (χ1v) is 11.4. The highest BCUT2D eigenvalue weighted by atomic mass is 32.1. The number of rotatable bonds is 8. The number of nitrogens with one attached hydrogen (secondary N) is 1. The topological polar surface area (TPSA) is 82.5 Å². The Morgan fingerprint density at radius 1 is 1.12 bits per heavy atom. The number of carbonyl (C=O) groups excluding carboxylic acids is 1. The van der Waals surface area contributed by atoms with Gasteiger partial charge in [-0.2, -0.15) is 0 Å². The van der Waals surface area contributed by atoms with E-state index in [-0.39, 0.29) is 24.4 Å². The molecule has 1 amide bonds. The second-order valence-electron chi connectivity index (χ2n) is 7.62. The summed E-state index contributed by atoms with van der Waals surface area (Å²) in [6, 6.07) is 13.6. The van der Waals surface area contributed by atoms with Crippen LogP contribution in [0.15, 0.2) is 59.0 Å². The van der Waals surface area contributed by atoms with Crippen LogP contribution >= 0.6 is 11.3 Å². The van der Waals surface area contributed by atoms with E-state index in [1.54, 1.807) is 20.3 Å². The van der Waals surface area contributed by atoms with Gasteiger partial charge in [-0.1, -0.05) is 42.0 Å². The number of ether oxygens (including phenoxy) is 2. The average Bonchev–Trinajstić information content (AvgIpc) is 3.27. The number of carbonyl (C=O) groups is 1. The molecule has 0 aliphatic carbocycles. The fourth-order valence-corrected chi connectivity index (χ4v) is 4.58. The van der Waals surface area contributed by atoms with E-state index in [1.165, 1.54) is 22.2 Å². The lowest BCUT2D eigenvalue weighted by atomic mass is 10.1. The van der Waals surface area contributed by atoms with Gasteiger partial charge < -0.3 is 14.8 Å². The second-order valence-corrected chi connectivity index (χ2v) is 8.48. The monoisotopic (exact) mass is 463 g/mol. The van der Waals surface area contributed by atoms with Crippen molar-refractivity contribution in [1.82, 2.24) is 14.9 Å². The lowest BCUT2D eigenvalue weighted by molar-refractivity contribution is -0.121. The van der Waals surface area contributed by atoms with Gasteiger partial charge in [-0.25, -0.2) is 4.98 Å². The van der Waals surface area contributed by atoms with Gasteiger partial charge in [0, 0.05) is 36.0 Å². The summed E-state index contributed by atoms with van der Waals surface area (Å²) in [5, 5.41) is 5.43. The molecule has 0 atom stereocenters. The van der Waals surface area contributed by atoms with Crippen LogP contribution in [0, 0.1) is 6.92 Å². The van der Waals surface area contributed by atoms with Gasteiger partial charge in [-0.3, -0.25) is 14.2 Å². The summed E-state index contributed by atoms with van der Waals surface area (Å²) in [5.74, 6) is 1.03. The Hall–Kier alpha value is -3.65. The molecule has 0 spiro atoms. The third kappa shape index (κ3) is 4.75.